The van der Waals surface area contributed by atoms with Gasteiger partial charge in [-0.1, -0.05) is 23.2 Å². The zero-order valence-electron chi connectivity index (χ0n) is 8.59. The van der Waals surface area contributed by atoms with Gasteiger partial charge < -0.3 is 10.1 Å². The van der Waals surface area contributed by atoms with E-state index < -0.39 is 10.0 Å². The lowest BCUT2D eigenvalue weighted by atomic mass is 10.4. The monoisotopic (exact) mass is 324 g/mol. The summed E-state index contributed by atoms with van der Waals surface area (Å²) in [6, 6.07) is 4.05. The van der Waals surface area contributed by atoms with E-state index in [-0.39, 0.29) is 25.6 Å². The second kappa shape index (κ2) is 4.58. The zero-order valence-corrected chi connectivity index (χ0v) is 11.7. The lowest BCUT2D eigenvalue weighted by Crippen LogP contribution is -2.12. The number of aromatic amines is 1. The van der Waals surface area contributed by atoms with Crippen LogP contribution in [0.1, 0.15) is 0 Å². The van der Waals surface area contributed by atoms with Gasteiger partial charge in [0.15, 0.2) is 4.77 Å². The normalized spacial score (nSPS) is 11.7. The number of aromatic hydroxyl groups is 1. The fraction of sp³-hybridized carbons (Fsp3) is 0. The van der Waals surface area contributed by atoms with E-state index in [4.69, 9.17) is 35.4 Å². The number of halogens is 2. The average molecular weight is 325 g/mol. The zero-order chi connectivity index (χ0) is 13.5. The van der Waals surface area contributed by atoms with Gasteiger partial charge in [0.2, 0.25) is 5.88 Å². The average Bonchev–Trinajstić information content (AvgIpc) is 2.62. The van der Waals surface area contributed by atoms with Crippen molar-refractivity contribution in [2.45, 2.75) is 4.90 Å². The number of nitrogens with one attached hydrogen (secondary N) is 1. The molecule has 2 N–H and O–H groups in total. The number of benzene rings is 1. The minimum atomic E-state index is -4.00. The molecule has 0 spiro atoms. The minimum Gasteiger partial charge on any atom is -0.493 e. The molecule has 0 saturated heterocycles. The highest BCUT2D eigenvalue weighted by molar-refractivity contribution is 7.90. The van der Waals surface area contributed by atoms with Crippen molar-refractivity contribution in [3.8, 4) is 5.88 Å². The molecule has 0 amide bonds. The summed E-state index contributed by atoms with van der Waals surface area (Å²) in [5.74, 6) is -0.360. The van der Waals surface area contributed by atoms with Crippen LogP contribution in [0.3, 0.4) is 0 Å². The van der Waals surface area contributed by atoms with Crippen LogP contribution in [0.4, 0.5) is 0 Å². The summed E-state index contributed by atoms with van der Waals surface area (Å²) in [5, 5.41) is 9.44. The van der Waals surface area contributed by atoms with Gasteiger partial charge in [-0.05, 0) is 30.4 Å². The molecule has 0 unspecified atom stereocenters. The summed E-state index contributed by atoms with van der Waals surface area (Å²) in [7, 11) is -4.00. The lowest BCUT2D eigenvalue weighted by Gasteiger charge is -2.07. The molecule has 0 saturated carbocycles. The summed E-state index contributed by atoms with van der Waals surface area (Å²) in [4.78, 5) is 2.11. The lowest BCUT2D eigenvalue weighted by molar-refractivity contribution is 0.456. The molecule has 0 aliphatic heterocycles. The summed E-state index contributed by atoms with van der Waals surface area (Å²) < 4.78 is 25.1. The first-order valence-corrected chi connectivity index (χ1v) is 7.14. The van der Waals surface area contributed by atoms with Crippen LogP contribution in [-0.2, 0) is 10.0 Å². The third-order valence-corrected chi connectivity index (χ3v) is 4.90. The quantitative estimate of drug-likeness (QED) is 0.833. The predicted octanol–water partition coefficient (Wildman–Crippen LogP) is 2.80. The van der Waals surface area contributed by atoms with Crippen LogP contribution in [0.15, 0.2) is 29.3 Å². The van der Waals surface area contributed by atoms with Gasteiger partial charge in [-0.15, -0.1) is 0 Å². The van der Waals surface area contributed by atoms with Crippen molar-refractivity contribution >= 4 is 45.4 Å². The Hall–Kier alpha value is -1.02. The molecule has 96 valence electrons. The molecule has 0 fully saturated rings. The fourth-order valence-corrected chi connectivity index (χ4v) is 3.73. The number of hydrogen-bond acceptors (Lipinski definition) is 4. The molecule has 9 heteroatoms. The minimum absolute atomic E-state index is 0.0157. The first-order valence-electron chi connectivity index (χ1n) is 4.53. The third-order valence-electron chi connectivity index (χ3n) is 2.10. The highest BCUT2D eigenvalue weighted by atomic mass is 35.5. The predicted molar refractivity (Wildman–Crippen MR) is 70.3 cm³/mol. The molecule has 0 aliphatic rings. The third kappa shape index (κ3) is 2.26. The molecule has 0 aliphatic carbocycles. The van der Waals surface area contributed by atoms with Gasteiger partial charge in [0.05, 0.1) is 11.2 Å². The maximum Gasteiger partial charge on any atom is 0.271 e. The van der Waals surface area contributed by atoms with Crippen LogP contribution in [0.25, 0.3) is 0 Å². The number of hydrogen-bond donors (Lipinski definition) is 2. The van der Waals surface area contributed by atoms with Crippen molar-refractivity contribution in [2.24, 2.45) is 0 Å². The van der Waals surface area contributed by atoms with Gasteiger partial charge in [-0.3, -0.25) is 0 Å². The van der Waals surface area contributed by atoms with E-state index in [1.165, 1.54) is 18.2 Å². The molecule has 1 heterocycles. The first kappa shape index (κ1) is 13.4. The number of aromatic nitrogens is 2. The van der Waals surface area contributed by atoms with Gasteiger partial charge in [0, 0.05) is 5.02 Å². The van der Waals surface area contributed by atoms with E-state index in [1.807, 2.05) is 0 Å². The first-order chi connectivity index (χ1) is 8.32. The maximum absolute atomic E-state index is 12.3. The number of rotatable bonds is 2. The molecule has 0 atom stereocenters. The van der Waals surface area contributed by atoms with Gasteiger partial charge in [-0.2, -0.15) is 0 Å². The SMILES string of the molecule is O=S(=O)(c1cc(Cl)ccc1Cl)n1cc(O)[nH]c1=S. The Morgan fingerprint density at radius 1 is 1.33 bits per heavy atom. The van der Waals surface area contributed by atoms with Gasteiger partial charge >= 0.3 is 0 Å². The highest BCUT2D eigenvalue weighted by Crippen LogP contribution is 2.27. The molecule has 5 nitrogen and oxygen atoms in total. The fourth-order valence-electron chi connectivity index (χ4n) is 1.33. The van der Waals surface area contributed by atoms with Gasteiger partial charge in [0.1, 0.15) is 4.90 Å². The topological polar surface area (TPSA) is 75.1 Å². The van der Waals surface area contributed by atoms with E-state index in [0.717, 1.165) is 10.2 Å². The summed E-state index contributed by atoms with van der Waals surface area (Å²) >= 11 is 16.4. The summed E-state index contributed by atoms with van der Waals surface area (Å²) in [6.07, 6.45) is 0.953. The van der Waals surface area contributed by atoms with E-state index >= 15 is 0 Å². The Morgan fingerprint density at radius 3 is 2.56 bits per heavy atom. The van der Waals surface area contributed by atoms with Crippen LogP contribution in [0, 0.1) is 4.77 Å². The largest absolute Gasteiger partial charge is 0.493 e. The van der Waals surface area contributed by atoms with Gasteiger partial charge in [-0.25, -0.2) is 12.4 Å². The van der Waals surface area contributed by atoms with Gasteiger partial charge in [0.25, 0.3) is 10.0 Å². The standard InChI is InChI=1S/C9H6Cl2N2O3S2/c10-5-1-2-6(11)7(3-5)18(15,16)13-4-8(14)12-9(13)17/h1-4,14H,(H,12,17). The smallest absolute Gasteiger partial charge is 0.271 e. The van der Waals surface area contributed by atoms with Crippen molar-refractivity contribution in [3.05, 3.63) is 39.2 Å². The van der Waals surface area contributed by atoms with E-state index in [1.54, 1.807) is 0 Å². The Labute approximate surface area is 118 Å². The summed E-state index contributed by atoms with van der Waals surface area (Å²) in [6.45, 7) is 0. The number of nitrogens with zero attached hydrogens (tertiary/aromatic N) is 1. The van der Waals surface area contributed by atoms with Crippen LogP contribution in [0.5, 0.6) is 5.88 Å². The van der Waals surface area contributed by atoms with Crippen molar-refractivity contribution < 1.29 is 13.5 Å². The molecule has 0 bridgehead atoms. The molecule has 1 aromatic heterocycles. The molecule has 2 aromatic rings. The molecule has 18 heavy (non-hydrogen) atoms. The van der Waals surface area contributed by atoms with Crippen LogP contribution in [0.2, 0.25) is 10.0 Å². The number of H-pyrrole nitrogens is 1. The van der Waals surface area contributed by atoms with Crippen molar-refractivity contribution in [2.75, 3.05) is 0 Å². The summed E-state index contributed by atoms with van der Waals surface area (Å²) in [5.41, 5.74) is 0. The van der Waals surface area contributed by atoms with Crippen molar-refractivity contribution in [1.82, 2.24) is 8.96 Å². The van der Waals surface area contributed by atoms with E-state index in [0.29, 0.717) is 0 Å². The second-order valence-electron chi connectivity index (χ2n) is 3.32. The molecule has 1 aromatic carbocycles. The van der Waals surface area contributed by atoms with E-state index in [9.17, 15) is 13.5 Å². The molecular formula is C9H6Cl2N2O3S2. The Balaban J connectivity index is 2.73. The van der Waals surface area contributed by atoms with Crippen LogP contribution < -0.4 is 0 Å². The van der Waals surface area contributed by atoms with Crippen molar-refractivity contribution in [1.29, 1.82) is 0 Å². The van der Waals surface area contributed by atoms with Crippen LogP contribution in [-0.4, -0.2) is 22.5 Å². The Bertz CT molecular complexity index is 764. The maximum atomic E-state index is 12.3. The molecule has 0 radical (unpaired) electrons. The number of imidazole rings is 1. The molecule has 2 rings (SSSR count). The van der Waals surface area contributed by atoms with Crippen molar-refractivity contribution in [3.63, 3.8) is 0 Å². The Morgan fingerprint density at radius 2 is 2.00 bits per heavy atom. The van der Waals surface area contributed by atoms with Crippen LogP contribution >= 0.6 is 35.4 Å². The second-order valence-corrected chi connectivity index (χ2v) is 6.33. The molecular weight excluding hydrogens is 319 g/mol. The van der Waals surface area contributed by atoms with E-state index in [2.05, 4.69) is 4.98 Å². The highest BCUT2D eigenvalue weighted by Gasteiger charge is 2.22. The Kier molecular flexibility index (Phi) is 3.41.